The third-order valence-electron chi connectivity index (χ3n) is 2.39. The summed E-state index contributed by atoms with van der Waals surface area (Å²) in [5.41, 5.74) is -0.604. The number of nitrogens with one attached hydrogen (secondary N) is 2. The van der Waals surface area contributed by atoms with E-state index in [9.17, 15) is 9.59 Å². The minimum absolute atomic E-state index is 0.328. The quantitative estimate of drug-likeness (QED) is 0.566. The van der Waals surface area contributed by atoms with Gasteiger partial charge in [-0.2, -0.15) is 4.98 Å². The highest BCUT2D eigenvalue weighted by molar-refractivity contribution is 7.99. The number of aromatic nitrogens is 5. The lowest BCUT2D eigenvalue weighted by Gasteiger charge is -2.05. The molecule has 0 amide bonds. The van der Waals surface area contributed by atoms with Gasteiger partial charge in [0.1, 0.15) is 0 Å². The fraction of sp³-hybridized carbons (Fsp3) is 0.364. The van der Waals surface area contributed by atoms with Crippen molar-refractivity contribution in [1.82, 2.24) is 30.0 Å². The van der Waals surface area contributed by atoms with Gasteiger partial charge in [-0.3, -0.25) is 19.4 Å². The van der Waals surface area contributed by atoms with E-state index in [1.807, 2.05) is 6.92 Å². The molecule has 0 aliphatic heterocycles. The number of rotatable bonds is 5. The SMILES string of the molecule is CCNCc1cnc(Sc2nc(=O)c(=O)[nH]n2C)nc1. The molecule has 20 heavy (non-hydrogen) atoms. The van der Waals surface area contributed by atoms with Crippen LogP contribution in [0.1, 0.15) is 12.5 Å². The molecule has 0 atom stereocenters. The number of nitrogens with zero attached hydrogens (tertiary/aromatic N) is 4. The van der Waals surface area contributed by atoms with Crippen LogP contribution in [0, 0.1) is 0 Å². The van der Waals surface area contributed by atoms with Gasteiger partial charge >= 0.3 is 11.1 Å². The summed E-state index contributed by atoms with van der Waals surface area (Å²) in [6.45, 7) is 3.60. The van der Waals surface area contributed by atoms with Crippen LogP contribution in [-0.2, 0) is 13.6 Å². The maximum Gasteiger partial charge on any atom is 0.339 e. The monoisotopic (exact) mass is 294 g/mol. The third-order valence-corrected chi connectivity index (χ3v) is 3.33. The molecule has 0 saturated carbocycles. The number of hydrogen-bond acceptors (Lipinski definition) is 7. The van der Waals surface area contributed by atoms with Gasteiger partial charge in [0.2, 0.25) is 0 Å². The normalized spacial score (nSPS) is 10.7. The molecule has 0 bridgehead atoms. The average Bonchev–Trinajstić information content (AvgIpc) is 2.44. The van der Waals surface area contributed by atoms with Gasteiger partial charge in [-0.05, 0) is 18.3 Å². The van der Waals surface area contributed by atoms with Crippen molar-refractivity contribution in [3.8, 4) is 0 Å². The molecule has 2 aromatic heterocycles. The predicted molar refractivity (Wildman–Crippen MR) is 73.6 cm³/mol. The van der Waals surface area contributed by atoms with E-state index in [0.717, 1.165) is 23.9 Å². The van der Waals surface area contributed by atoms with E-state index >= 15 is 0 Å². The molecule has 2 aromatic rings. The molecule has 9 heteroatoms. The Bertz CT molecular complexity index is 693. The molecular weight excluding hydrogens is 280 g/mol. The fourth-order valence-corrected chi connectivity index (χ4v) is 2.08. The Balaban J connectivity index is 2.16. The molecule has 2 rings (SSSR count). The smallest absolute Gasteiger partial charge is 0.313 e. The zero-order chi connectivity index (χ0) is 14.5. The van der Waals surface area contributed by atoms with E-state index in [1.54, 1.807) is 19.4 Å². The Labute approximate surface area is 118 Å². The summed E-state index contributed by atoms with van der Waals surface area (Å²) in [4.78, 5) is 34.4. The van der Waals surface area contributed by atoms with Crippen molar-refractivity contribution in [1.29, 1.82) is 0 Å². The topological polar surface area (TPSA) is 106 Å². The van der Waals surface area contributed by atoms with Crippen LogP contribution < -0.4 is 16.4 Å². The molecule has 0 saturated heterocycles. The highest BCUT2D eigenvalue weighted by Gasteiger charge is 2.08. The zero-order valence-corrected chi connectivity index (χ0v) is 11.9. The Morgan fingerprint density at radius 2 is 2.05 bits per heavy atom. The van der Waals surface area contributed by atoms with Crippen LogP contribution in [-0.4, -0.2) is 31.3 Å². The Morgan fingerprint density at radius 1 is 1.35 bits per heavy atom. The van der Waals surface area contributed by atoms with Crippen LogP contribution in [0.2, 0.25) is 0 Å². The molecular formula is C11H14N6O2S. The van der Waals surface area contributed by atoms with Crippen LogP contribution in [0.25, 0.3) is 0 Å². The summed E-state index contributed by atoms with van der Waals surface area (Å²) >= 11 is 1.11. The van der Waals surface area contributed by atoms with E-state index in [2.05, 4.69) is 25.4 Å². The van der Waals surface area contributed by atoms with Crippen LogP contribution in [0.3, 0.4) is 0 Å². The summed E-state index contributed by atoms with van der Waals surface area (Å²) in [5, 5.41) is 6.32. The van der Waals surface area contributed by atoms with Gasteiger partial charge in [0, 0.05) is 31.5 Å². The number of aromatic amines is 1. The average molecular weight is 294 g/mol. The summed E-state index contributed by atoms with van der Waals surface area (Å²) in [6.07, 6.45) is 3.42. The molecule has 2 heterocycles. The van der Waals surface area contributed by atoms with Crippen molar-refractivity contribution < 1.29 is 0 Å². The number of H-pyrrole nitrogens is 1. The van der Waals surface area contributed by atoms with Gasteiger partial charge < -0.3 is 5.32 Å². The van der Waals surface area contributed by atoms with Crippen molar-refractivity contribution >= 4 is 11.8 Å². The van der Waals surface area contributed by atoms with Gasteiger partial charge in [0.25, 0.3) is 0 Å². The lowest BCUT2D eigenvalue weighted by Crippen LogP contribution is -2.33. The van der Waals surface area contributed by atoms with Crippen LogP contribution >= 0.6 is 11.8 Å². The highest BCUT2D eigenvalue weighted by Crippen LogP contribution is 2.19. The van der Waals surface area contributed by atoms with Crippen molar-refractivity contribution in [2.45, 2.75) is 23.8 Å². The Morgan fingerprint density at radius 3 is 2.70 bits per heavy atom. The molecule has 0 aromatic carbocycles. The first-order chi connectivity index (χ1) is 9.60. The molecule has 0 unspecified atom stereocenters. The molecule has 0 fully saturated rings. The molecule has 8 nitrogen and oxygen atoms in total. The van der Waals surface area contributed by atoms with Gasteiger partial charge in [0.05, 0.1) is 0 Å². The first kappa shape index (κ1) is 14.4. The van der Waals surface area contributed by atoms with E-state index in [-0.39, 0.29) is 0 Å². The second kappa shape index (κ2) is 6.44. The maximum atomic E-state index is 11.2. The third kappa shape index (κ3) is 3.52. The van der Waals surface area contributed by atoms with Crippen molar-refractivity contribution in [3.05, 3.63) is 38.7 Å². The van der Waals surface area contributed by atoms with E-state index in [4.69, 9.17) is 0 Å². The number of hydrogen-bond donors (Lipinski definition) is 2. The largest absolute Gasteiger partial charge is 0.339 e. The minimum Gasteiger partial charge on any atom is -0.313 e. The van der Waals surface area contributed by atoms with Gasteiger partial charge in [-0.25, -0.2) is 9.97 Å². The molecule has 0 aliphatic rings. The Kier molecular flexibility index (Phi) is 4.64. The lowest BCUT2D eigenvalue weighted by molar-refractivity contribution is 0.595. The molecule has 0 aliphatic carbocycles. The Hall–Kier alpha value is -2.00. The summed E-state index contributed by atoms with van der Waals surface area (Å²) in [5.74, 6) is 0. The van der Waals surface area contributed by atoms with Crippen molar-refractivity contribution in [2.75, 3.05) is 6.54 Å². The van der Waals surface area contributed by atoms with Crippen molar-refractivity contribution in [2.24, 2.45) is 7.05 Å². The molecule has 106 valence electrons. The van der Waals surface area contributed by atoms with Gasteiger partial charge in [0.15, 0.2) is 10.3 Å². The predicted octanol–water partition coefficient (Wildman–Crippen LogP) is -0.481. The van der Waals surface area contributed by atoms with Crippen LogP contribution in [0.15, 0.2) is 32.3 Å². The second-order valence-corrected chi connectivity index (χ2v) is 4.89. The first-order valence-corrected chi connectivity index (χ1v) is 6.78. The van der Waals surface area contributed by atoms with E-state index in [0.29, 0.717) is 16.9 Å². The maximum absolute atomic E-state index is 11.2. The summed E-state index contributed by atoms with van der Waals surface area (Å²) in [6, 6.07) is 0. The number of aryl methyl sites for hydroxylation is 1. The molecule has 2 N–H and O–H groups in total. The van der Waals surface area contributed by atoms with E-state index in [1.165, 1.54) is 4.68 Å². The van der Waals surface area contributed by atoms with Crippen molar-refractivity contribution in [3.63, 3.8) is 0 Å². The standard InChI is InChI=1S/C11H14N6O2S/c1-3-12-4-7-5-13-10(14-6-7)20-11-15-8(18)9(19)16-17(11)2/h5-6,12H,3-4H2,1-2H3,(H,16,19). The highest BCUT2D eigenvalue weighted by atomic mass is 32.2. The van der Waals surface area contributed by atoms with Gasteiger partial charge in [-0.15, -0.1) is 0 Å². The summed E-state index contributed by atoms with van der Waals surface area (Å²) < 4.78 is 1.37. The fourth-order valence-electron chi connectivity index (χ4n) is 1.39. The van der Waals surface area contributed by atoms with Crippen LogP contribution in [0.4, 0.5) is 0 Å². The minimum atomic E-state index is -0.825. The molecule has 0 radical (unpaired) electrons. The molecule has 0 spiro atoms. The van der Waals surface area contributed by atoms with Crippen LogP contribution in [0.5, 0.6) is 0 Å². The van der Waals surface area contributed by atoms with E-state index < -0.39 is 11.1 Å². The second-order valence-electron chi connectivity index (χ2n) is 3.96. The lowest BCUT2D eigenvalue weighted by atomic mass is 10.3. The first-order valence-electron chi connectivity index (χ1n) is 5.97. The van der Waals surface area contributed by atoms with Gasteiger partial charge in [-0.1, -0.05) is 6.92 Å². The summed E-state index contributed by atoms with van der Waals surface area (Å²) in [7, 11) is 1.59. The zero-order valence-electron chi connectivity index (χ0n) is 11.1.